The lowest BCUT2D eigenvalue weighted by Gasteiger charge is -2.07. The summed E-state index contributed by atoms with van der Waals surface area (Å²) < 4.78 is 4.91. The van der Waals surface area contributed by atoms with E-state index >= 15 is 0 Å². The van der Waals surface area contributed by atoms with Crippen molar-refractivity contribution >= 4 is 11.9 Å². The number of aromatic nitrogens is 1. The number of carboxylic acids is 1. The molecule has 6 nitrogen and oxygen atoms in total. The number of nitrogens with one attached hydrogen (secondary N) is 1. The Morgan fingerprint density at radius 3 is 2.80 bits per heavy atom. The number of hydrogen-bond acceptors (Lipinski definition) is 4. The van der Waals surface area contributed by atoms with E-state index in [1.807, 2.05) is 0 Å². The zero-order valence-electron chi connectivity index (χ0n) is 8.48. The molecule has 1 amide bonds. The standard InChI is InChI=1S/C9H12N2O4/c1-5(9(13)14)10-8(12)3-7-4-15-6(2)11-7/h4-5H,3H2,1-2H3,(H,10,12)(H,13,14)/t5-/m0/s1. The van der Waals surface area contributed by atoms with Gasteiger partial charge in [-0.25, -0.2) is 4.98 Å². The van der Waals surface area contributed by atoms with Crippen molar-refractivity contribution in [1.82, 2.24) is 10.3 Å². The molecule has 6 heteroatoms. The lowest BCUT2D eigenvalue weighted by molar-refractivity contribution is -0.141. The van der Waals surface area contributed by atoms with Crippen LogP contribution in [0.25, 0.3) is 0 Å². The van der Waals surface area contributed by atoms with Crippen molar-refractivity contribution in [2.75, 3.05) is 0 Å². The third-order valence-corrected chi connectivity index (χ3v) is 1.76. The van der Waals surface area contributed by atoms with Gasteiger partial charge in [-0.3, -0.25) is 9.59 Å². The molecule has 0 unspecified atom stereocenters. The maximum Gasteiger partial charge on any atom is 0.325 e. The van der Waals surface area contributed by atoms with Crippen molar-refractivity contribution in [3.63, 3.8) is 0 Å². The fraction of sp³-hybridized carbons (Fsp3) is 0.444. The van der Waals surface area contributed by atoms with E-state index in [2.05, 4.69) is 10.3 Å². The van der Waals surface area contributed by atoms with E-state index in [1.54, 1.807) is 6.92 Å². The average molecular weight is 212 g/mol. The monoisotopic (exact) mass is 212 g/mol. The predicted molar refractivity (Wildman–Crippen MR) is 50.2 cm³/mol. The topological polar surface area (TPSA) is 92.4 Å². The van der Waals surface area contributed by atoms with Crippen LogP contribution in [0.15, 0.2) is 10.7 Å². The molecule has 0 saturated carbocycles. The van der Waals surface area contributed by atoms with Gasteiger partial charge in [0.1, 0.15) is 12.3 Å². The summed E-state index contributed by atoms with van der Waals surface area (Å²) in [5.41, 5.74) is 0.489. The molecule has 0 radical (unpaired) electrons. The van der Waals surface area contributed by atoms with Crippen molar-refractivity contribution in [1.29, 1.82) is 0 Å². The second-order valence-corrected chi connectivity index (χ2v) is 3.16. The Kier molecular flexibility index (Phi) is 3.43. The van der Waals surface area contributed by atoms with Crippen LogP contribution in [0, 0.1) is 6.92 Å². The number of aryl methyl sites for hydroxylation is 1. The van der Waals surface area contributed by atoms with Gasteiger partial charge in [-0.2, -0.15) is 0 Å². The molecule has 0 aliphatic rings. The number of aliphatic carboxylic acids is 1. The molecule has 1 aromatic rings. The minimum Gasteiger partial charge on any atom is -0.480 e. The van der Waals surface area contributed by atoms with Gasteiger partial charge >= 0.3 is 5.97 Å². The largest absolute Gasteiger partial charge is 0.480 e. The molecule has 0 aliphatic heterocycles. The van der Waals surface area contributed by atoms with Gasteiger partial charge in [0.05, 0.1) is 12.1 Å². The van der Waals surface area contributed by atoms with Crippen molar-refractivity contribution < 1.29 is 19.1 Å². The highest BCUT2D eigenvalue weighted by atomic mass is 16.4. The summed E-state index contributed by atoms with van der Waals surface area (Å²) in [6.07, 6.45) is 1.40. The molecule has 0 fully saturated rings. The first-order chi connectivity index (χ1) is 6.99. The molecule has 0 aromatic carbocycles. The van der Waals surface area contributed by atoms with Gasteiger partial charge in [-0.1, -0.05) is 0 Å². The molecular formula is C9H12N2O4. The summed E-state index contributed by atoms with van der Waals surface area (Å²) >= 11 is 0. The summed E-state index contributed by atoms with van der Waals surface area (Å²) in [6.45, 7) is 3.07. The quantitative estimate of drug-likeness (QED) is 0.739. The molecule has 82 valence electrons. The number of oxazole rings is 1. The summed E-state index contributed by atoms with van der Waals surface area (Å²) in [5.74, 6) is -0.984. The molecule has 1 aromatic heterocycles. The summed E-state index contributed by atoms with van der Waals surface area (Å²) in [7, 11) is 0. The SMILES string of the molecule is Cc1nc(CC(=O)N[C@@H](C)C(=O)O)co1. The third-order valence-electron chi connectivity index (χ3n) is 1.76. The normalized spacial score (nSPS) is 12.1. The molecule has 0 aliphatic carbocycles. The van der Waals surface area contributed by atoms with Crippen molar-refractivity contribution in [2.45, 2.75) is 26.3 Å². The minimum atomic E-state index is -1.07. The van der Waals surface area contributed by atoms with Crippen molar-refractivity contribution in [2.24, 2.45) is 0 Å². The fourth-order valence-electron chi connectivity index (χ4n) is 1.01. The van der Waals surface area contributed by atoms with Gasteiger partial charge in [-0.15, -0.1) is 0 Å². The number of rotatable bonds is 4. The minimum absolute atomic E-state index is 0.0228. The zero-order valence-corrected chi connectivity index (χ0v) is 8.48. The van der Waals surface area contributed by atoms with E-state index < -0.39 is 17.9 Å². The average Bonchev–Trinajstić information content (AvgIpc) is 2.50. The smallest absolute Gasteiger partial charge is 0.325 e. The second-order valence-electron chi connectivity index (χ2n) is 3.16. The van der Waals surface area contributed by atoms with Crippen LogP contribution < -0.4 is 5.32 Å². The number of amides is 1. The first-order valence-corrected chi connectivity index (χ1v) is 4.42. The van der Waals surface area contributed by atoms with Gasteiger partial charge in [0.25, 0.3) is 0 Å². The van der Waals surface area contributed by atoms with Crippen LogP contribution >= 0.6 is 0 Å². The fourth-order valence-corrected chi connectivity index (χ4v) is 1.01. The Balaban J connectivity index is 2.46. The Morgan fingerprint density at radius 1 is 1.67 bits per heavy atom. The van der Waals surface area contributed by atoms with Gasteiger partial charge in [0.2, 0.25) is 5.91 Å². The molecule has 1 atom stereocenters. The number of carboxylic acid groups (broad SMARTS) is 1. The number of hydrogen-bond donors (Lipinski definition) is 2. The molecule has 2 N–H and O–H groups in total. The molecule has 0 bridgehead atoms. The van der Waals surface area contributed by atoms with Crippen LogP contribution in [-0.4, -0.2) is 28.0 Å². The first-order valence-electron chi connectivity index (χ1n) is 4.42. The summed E-state index contributed by atoms with van der Waals surface area (Å²) in [6, 6.07) is -0.898. The molecule has 0 saturated heterocycles. The van der Waals surface area contributed by atoms with Crippen LogP contribution in [0.1, 0.15) is 18.5 Å². The van der Waals surface area contributed by atoms with E-state index in [0.29, 0.717) is 11.6 Å². The van der Waals surface area contributed by atoms with Crippen LogP contribution in [0.5, 0.6) is 0 Å². The number of nitrogens with zero attached hydrogens (tertiary/aromatic N) is 1. The Bertz CT molecular complexity index is 372. The molecular weight excluding hydrogens is 200 g/mol. The Hall–Kier alpha value is -1.85. The number of carbonyl (C=O) groups is 2. The van der Waals surface area contributed by atoms with Crippen molar-refractivity contribution in [3.8, 4) is 0 Å². The first kappa shape index (κ1) is 11.2. The molecule has 1 heterocycles. The van der Waals surface area contributed by atoms with E-state index in [9.17, 15) is 9.59 Å². The van der Waals surface area contributed by atoms with Crippen LogP contribution in [0.4, 0.5) is 0 Å². The third kappa shape index (κ3) is 3.41. The number of carbonyl (C=O) groups excluding carboxylic acids is 1. The maximum atomic E-state index is 11.3. The van der Waals surface area contributed by atoms with Crippen molar-refractivity contribution in [3.05, 3.63) is 17.8 Å². The Morgan fingerprint density at radius 2 is 2.33 bits per heavy atom. The van der Waals surface area contributed by atoms with Gasteiger partial charge in [0, 0.05) is 6.92 Å². The summed E-state index contributed by atoms with van der Waals surface area (Å²) in [4.78, 5) is 25.7. The van der Waals surface area contributed by atoms with Crippen LogP contribution in [-0.2, 0) is 16.0 Å². The van der Waals surface area contributed by atoms with Crippen LogP contribution in [0.3, 0.4) is 0 Å². The van der Waals surface area contributed by atoms with E-state index in [-0.39, 0.29) is 6.42 Å². The zero-order chi connectivity index (χ0) is 11.4. The maximum absolute atomic E-state index is 11.3. The van der Waals surface area contributed by atoms with E-state index in [0.717, 1.165) is 0 Å². The molecule has 15 heavy (non-hydrogen) atoms. The highest BCUT2D eigenvalue weighted by Crippen LogP contribution is 2.01. The predicted octanol–water partition coefficient (Wildman–Crippen LogP) is 0.115. The van der Waals surface area contributed by atoms with Gasteiger partial charge < -0.3 is 14.8 Å². The van der Waals surface area contributed by atoms with Gasteiger partial charge in [0.15, 0.2) is 5.89 Å². The second kappa shape index (κ2) is 4.59. The van der Waals surface area contributed by atoms with Crippen LogP contribution in [0.2, 0.25) is 0 Å². The van der Waals surface area contributed by atoms with E-state index in [4.69, 9.17) is 9.52 Å². The summed E-state index contributed by atoms with van der Waals surface area (Å²) in [5, 5.41) is 10.9. The lowest BCUT2D eigenvalue weighted by Crippen LogP contribution is -2.39. The molecule has 0 spiro atoms. The Labute approximate surface area is 86.3 Å². The molecule has 1 rings (SSSR count). The van der Waals surface area contributed by atoms with E-state index in [1.165, 1.54) is 13.2 Å². The highest BCUT2D eigenvalue weighted by Gasteiger charge is 2.15. The highest BCUT2D eigenvalue weighted by molar-refractivity contribution is 5.84. The lowest BCUT2D eigenvalue weighted by atomic mass is 10.3. The van der Waals surface area contributed by atoms with Gasteiger partial charge in [-0.05, 0) is 6.92 Å².